The zero-order valence-corrected chi connectivity index (χ0v) is 10.3. The second kappa shape index (κ2) is 6.44. The van der Waals surface area contributed by atoms with Gasteiger partial charge in [-0.1, -0.05) is 6.07 Å². The first kappa shape index (κ1) is 12.9. The molecule has 1 saturated heterocycles. The van der Waals surface area contributed by atoms with Gasteiger partial charge in [0.25, 0.3) is 0 Å². The van der Waals surface area contributed by atoms with E-state index in [1.807, 2.05) is 12.1 Å². The monoisotopic (exact) mass is 252 g/mol. The summed E-state index contributed by atoms with van der Waals surface area (Å²) in [4.78, 5) is 0. The molecule has 1 fully saturated rings. The molecule has 6 nitrogen and oxygen atoms in total. The van der Waals surface area contributed by atoms with E-state index in [4.69, 9.17) is 21.1 Å². The minimum atomic E-state index is 0.217. The van der Waals surface area contributed by atoms with Gasteiger partial charge in [0.1, 0.15) is 11.4 Å². The Morgan fingerprint density at radius 2 is 2.39 bits per heavy atom. The molecule has 6 heteroatoms. The fourth-order valence-electron chi connectivity index (χ4n) is 1.93. The molecule has 0 spiro atoms. The lowest BCUT2D eigenvalue weighted by Crippen LogP contribution is -2.39. The Bertz CT molecular complexity index is 380. The normalized spacial score (nSPS) is 19.5. The van der Waals surface area contributed by atoms with Crippen LogP contribution in [0, 0.1) is 0 Å². The summed E-state index contributed by atoms with van der Waals surface area (Å²) < 4.78 is 11.3. The van der Waals surface area contributed by atoms with Crippen molar-refractivity contribution in [3.05, 3.63) is 18.2 Å². The van der Waals surface area contributed by atoms with Gasteiger partial charge < -0.3 is 25.9 Å². The third-order valence-corrected chi connectivity index (χ3v) is 2.90. The zero-order valence-electron chi connectivity index (χ0n) is 10.3. The maximum atomic E-state index is 5.79. The predicted octanol–water partition coefficient (Wildman–Crippen LogP) is 0.312. The van der Waals surface area contributed by atoms with Crippen molar-refractivity contribution in [2.45, 2.75) is 12.5 Å². The fraction of sp³-hybridized carbons (Fsp3) is 0.500. The van der Waals surface area contributed by atoms with Crippen LogP contribution >= 0.6 is 0 Å². The molecular formula is C12H20N4O2. The van der Waals surface area contributed by atoms with Crippen molar-refractivity contribution in [2.75, 3.05) is 37.5 Å². The molecule has 2 rings (SSSR count). The highest BCUT2D eigenvalue weighted by molar-refractivity contribution is 5.72. The number of morpholine rings is 1. The van der Waals surface area contributed by atoms with Gasteiger partial charge in [-0.25, -0.2) is 0 Å². The number of ether oxygens (including phenoxy) is 2. The van der Waals surface area contributed by atoms with Crippen LogP contribution in [0.15, 0.2) is 18.2 Å². The number of hydrazine groups is 1. The van der Waals surface area contributed by atoms with Gasteiger partial charge in [-0.3, -0.25) is 5.84 Å². The fourth-order valence-corrected chi connectivity index (χ4v) is 1.93. The molecular weight excluding hydrogens is 232 g/mol. The standard InChI is InChI=1S/C12H20N4O2/c13-10-2-1-3-11(12(10)16-14)18-6-4-9-8-15-5-7-17-9/h1-3,9,15-16H,4-8,13-14H2/t9-/m1/s1. The number of nitrogens with one attached hydrogen (secondary N) is 2. The molecule has 6 N–H and O–H groups in total. The van der Waals surface area contributed by atoms with Crippen molar-refractivity contribution in [3.63, 3.8) is 0 Å². The number of anilines is 2. The minimum Gasteiger partial charge on any atom is -0.491 e. The molecule has 0 unspecified atom stereocenters. The van der Waals surface area contributed by atoms with Gasteiger partial charge in [0.2, 0.25) is 0 Å². The second-order valence-electron chi connectivity index (χ2n) is 4.20. The summed E-state index contributed by atoms with van der Waals surface area (Å²) in [5, 5.41) is 3.28. The van der Waals surface area contributed by atoms with Crippen LogP contribution in [0.3, 0.4) is 0 Å². The first-order valence-corrected chi connectivity index (χ1v) is 6.11. The number of para-hydroxylation sites is 1. The van der Waals surface area contributed by atoms with E-state index in [0.29, 0.717) is 23.7 Å². The van der Waals surface area contributed by atoms with Crippen molar-refractivity contribution in [1.82, 2.24) is 5.32 Å². The molecule has 1 aliphatic rings. The lowest BCUT2D eigenvalue weighted by molar-refractivity contribution is 0.0159. The smallest absolute Gasteiger partial charge is 0.145 e. The Balaban J connectivity index is 1.84. The molecule has 1 heterocycles. The van der Waals surface area contributed by atoms with E-state index in [9.17, 15) is 0 Å². The Morgan fingerprint density at radius 1 is 1.50 bits per heavy atom. The van der Waals surface area contributed by atoms with E-state index < -0.39 is 0 Å². The van der Waals surface area contributed by atoms with Crippen LogP contribution < -0.4 is 27.1 Å². The van der Waals surface area contributed by atoms with Crippen molar-refractivity contribution >= 4 is 11.4 Å². The number of nitrogens with two attached hydrogens (primary N) is 2. The minimum absolute atomic E-state index is 0.217. The number of benzene rings is 1. The van der Waals surface area contributed by atoms with Gasteiger partial charge in [-0.05, 0) is 12.1 Å². The van der Waals surface area contributed by atoms with E-state index >= 15 is 0 Å². The van der Waals surface area contributed by atoms with E-state index in [1.54, 1.807) is 6.07 Å². The van der Waals surface area contributed by atoms with Gasteiger partial charge in [-0.2, -0.15) is 0 Å². The summed E-state index contributed by atoms with van der Waals surface area (Å²) in [5.41, 5.74) is 9.55. The van der Waals surface area contributed by atoms with Crippen LogP contribution in [0.2, 0.25) is 0 Å². The van der Waals surface area contributed by atoms with Crippen LogP contribution in [0.1, 0.15) is 6.42 Å². The van der Waals surface area contributed by atoms with E-state index in [2.05, 4.69) is 10.7 Å². The average Bonchev–Trinajstić information content (AvgIpc) is 2.40. The quantitative estimate of drug-likeness (QED) is 0.342. The molecule has 1 aromatic rings. The molecule has 0 saturated carbocycles. The highest BCUT2D eigenvalue weighted by Crippen LogP contribution is 2.29. The lowest BCUT2D eigenvalue weighted by Gasteiger charge is -2.23. The topological polar surface area (TPSA) is 94.6 Å². The van der Waals surface area contributed by atoms with E-state index in [1.165, 1.54) is 0 Å². The van der Waals surface area contributed by atoms with Crippen molar-refractivity contribution in [2.24, 2.45) is 5.84 Å². The average molecular weight is 252 g/mol. The number of nitrogen functional groups attached to an aromatic ring is 2. The second-order valence-corrected chi connectivity index (χ2v) is 4.20. The van der Waals surface area contributed by atoms with Crippen LogP contribution in [0.4, 0.5) is 11.4 Å². The molecule has 0 bridgehead atoms. The number of hydrogen-bond acceptors (Lipinski definition) is 6. The van der Waals surface area contributed by atoms with Crippen molar-refractivity contribution < 1.29 is 9.47 Å². The molecule has 1 atom stereocenters. The lowest BCUT2D eigenvalue weighted by atomic mass is 10.2. The molecule has 100 valence electrons. The molecule has 1 aromatic carbocycles. The van der Waals surface area contributed by atoms with Crippen molar-refractivity contribution in [1.29, 1.82) is 0 Å². The van der Waals surface area contributed by atoms with Crippen LogP contribution in [-0.4, -0.2) is 32.4 Å². The summed E-state index contributed by atoms with van der Waals surface area (Å²) in [5.74, 6) is 6.09. The SMILES string of the molecule is NNc1c(N)cccc1OCC[C@@H]1CNCCO1. The number of hydrogen-bond donors (Lipinski definition) is 4. The molecule has 1 aliphatic heterocycles. The summed E-state index contributed by atoms with van der Waals surface area (Å²) in [6, 6.07) is 5.45. The molecule has 18 heavy (non-hydrogen) atoms. The maximum absolute atomic E-state index is 5.79. The summed E-state index contributed by atoms with van der Waals surface area (Å²) in [6.07, 6.45) is 1.06. The Kier molecular flexibility index (Phi) is 4.63. The van der Waals surface area contributed by atoms with E-state index in [0.717, 1.165) is 26.1 Å². The molecule has 0 aromatic heterocycles. The first-order chi connectivity index (χ1) is 8.81. The van der Waals surface area contributed by atoms with Gasteiger partial charge in [0.15, 0.2) is 0 Å². The third-order valence-electron chi connectivity index (χ3n) is 2.90. The summed E-state index contributed by atoms with van der Waals surface area (Å²) in [6.45, 7) is 3.14. The van der Waals surface area contributed by atoms with Crippen LogP contribution in [-0.2, 0) is 4.74 Å². The summed E-state index contributed by atoms with van der Waals surface area (Å²) in [7, 11) is 0. The predicted molar refractivity (Wildman–Crippen MR) is 71.4 cm³/mol. The zero-order chi connectivity index (χ0) is 12.8. The number of rotatable bonds is 5. The van der Waals surface area contributed by atoms with Crippen LogP contribution in [0.25, 0.3) is 0 Å². The molecule has 0 amide bonds. The van der Waals surface area contributed by atoms with Gasteiger partial charge in [0, 0.05) is 19.5 Å². The molecule has 0 radical (unpaired) electrons. The van der Waals surface area contributed by atoms with Gasteiger partial charge in [-0.15, -0.1) is 0 Å². The Morgan fingerprint density at radius 3 is 3.11 bits per heavy atom. The largest absolute Gasteiger partial charge is 0.491 e. The maximum Gasteiger partial charge on any atom is 0.145 e. The first-order valence-electron chi connectivity index (χ1n) is 6.11. The van der Waals surface area contributed by atoms with E-state index in [-0.39, 0.29) is 6.10 Å². The molecule has 0 aliphatic carbocycles. The Labute approximate surface area is 107 Å². The third kappa shape index (κ3) is 3.25. The van der Waals surface area contributed by atoms with Crippen LogP contribution in [0.5, 0.6) is 5.75 Å². The highest BCUT2D eigenvalue weighted by atomic mass is 16.5. The highest BCUT2D eigenvalue weighted by Gasteiger charge is 2.13. The summed E-state index contributed by atoms with van der Waals surface area (Å²) >= 11 is 0. The Hall–Kier alpha value is -1.50. The van der Waals surface area contributed by atoms with Crippen molar-refractivity contribution in [3.8, 4) is 5.75 Å². The van der Waals surface area contributed by atoms with Gasteiger partial charge in [0.05, 0.1) is 25.0 Å². The van der Waals surface area contributed by atoms with Gasteiger partial charge >= 0.3 is 0 Å².